The standard InChI is InChI=1S/C19H20BrN3O4S/c1-3-12-21-19(25)14-8-4-6-10-16(14)22-18(24)13-23(28(2,26)27)17-11-7-5-9-15(17)20/h3-11H,1,12-13H2,2H3,(H,21,25)(H,22,24). The van der Waals surface area contributed by atoms with Crippen LogP contribution in [0.25, 0.3) is 0 Å². The summed E-state index contributed by atoms with van der Waals surface area (Å²) in [5.41, 5.74) is 0.899. The number of benzene rings is 2. The molecule has 0 aromatic heterocycles. The SMILES string of the molecule is C=CCNC(=O)c1ccccc1NC(=O)CN(c1ccccc1Br)S(C)(=O)=O. The molecule has 0 atom stereocenters. The summed E-state index contributed by atoms with van der Waals surface area (Å²) in [6.07, 6.45) is 2.57. The van der Waals surface area contributed by atoms with Crippen LogP contribution in [0.4, 0.5) is 11.4 Å². The molecular weight excluding hydrogens is 446 g/mol. The minimum Gasteiger partial charge on any atom is -0.349 e. The van der Waals surface area contributed by atoms with E-state index >= 15 is 0 Å². The van der Waals surface area contributed by atoms with Gasteiger partial charge in [-0.15, -0.1) is 6.58 Å². The second-order valence-electron chi connectivity index (χ2n) is 5.81. The molecule has 28 heavy (non-hydrogen) atoms. The number of carbonyl (C=O) groups is 2. The summed E-state index contributed by atoms with van der Waals surface area (Å²) in [5.74, 6) is -0.952. The summed E-state index contributed by atoms with van der Waals surface area (Å²) in [6.45, 7) is 3.38. The smallest absolute Gasteiger partial charge is 0.253 e. The topological polar surface area (TPSA) is 95.6 Å². The predicted molar refractivity (Wildman–Crippen MR) is 114 cm³/mol. The maximum atomic E-state index is 12.6. The molecule has 0 spiro atoms. The monoisotopic (exact) mass is 465 g/mol. The average Bonchev–Trinajstić information content (AvgIpc) is 2.64. The number of nitrogens with zero attached hydrogens (tertiary/aromatic N) is 1. The quantitative estimate of drug-likeness (QED) is 0.585. The normalized spacial score (nSPS) is 10.8. The van der Waals surface area contributed by atoms with E-state index in [0.29, 0.717) is 10.2 Å². The van der Waals surface area contributed by atoms with Crippen LogP contribution in [0.15, 0.2) is 65.7 Å². The first kappa shape index (κ1) is 21.6. The van der Waals surface area contributed by atoms with Crippen molar-refractivity contribution >= 4 is 49.1 Å². The van der Waals surface area contributed by atoms with Gasteiger partial charge in [0.15, 0.2) is 0 Å². The molecule has 2 aromatic rings. The van der Waals surface area contributed by atoms with Crippen molar-refractivity contribution in [2.24, 2.45) is 0 Å². The number of anilines is 2. The van der Waals surface area contributed by atoms with Crippen LogP contribution in [0, 0.1) is 0 Å². The van der Waals surface area contributed by atoms with Crippen molar-refractivity contribution in [3.8, 4) is 0 Å². The fourth-order valence-corrected chi connectivity index (χ4v) is 3.89. The fourth-order valence-electron chi connectivity index (χ4n) is 2.41. The zero-order valence-corrected chi connectivity index (χ0v) is 17.6. The second kappa shape index (κ2) is 9.52. The Labute approximate surface area is 172 Å². The Morgan fingerprint density at radius 2 is 1.79 bits per heavy atom. The van der Waals surface area contributed by atoms with Gasteiger partial charge < -0.3 is 10.6 Å². The van der Waals surface area contributed by atoms with E-state index in [1.54, 1.807) is 54.6 Å². The van der Waals surface area contributed by atoms with E-state index in [0.717, 1.165) is 10.6 Å². The number of hydrogen-bond acceptors (Lipinski definition) is 4. The van der Waals surface area contributed by atoms with Gasteiger partial charge in [0.2, 0.25) is 15.9 Å². The average molecular weight is 466 g/mol. The van der Waals surface area contributed by atoms with E-state index in [1.807, 2.05) is 0 Å². The second-order valence-corrected chi connectivity index (χ2v) is 8.57. The van der Waals surface area contributed by atoms with Gasteiger partial charge in [-0.3, -0.25) is 13.9 Å². The number of carbonyl (C=O) groups excluding carboxylic acids is 2. The van der Waals surface area contributed by atoms with Crippen molar-refractivity contribution in [2.75, 3.05) is 29.0 Å². The van der Waals surface area contributed by atoms with Crippen LogP contribution >= 0.6 is 15.9 Å². The molecule has 0 aliphatic rings. The molecule has 0 unspecified atom stereocenters. The first-order valence-corrected chi connectivity index (χ1v) is 10.9. The van der Waals surface area contributed by atoms with Gasteiger partial charge in [-0.25, -0.2) is 8.42 Å². The van der Waals surface area contributed by atoms with E-state index in [1.165, 1.54) is 0 Å². The largest absolute Gasteiger partial charge is 0.349 e. The van der Waals surface area contributed by atoms with Gasteiger partial charge >= 0.3 is 0 Å². The number of sulfonamides is 1. The number of rotatable bonds is 8. The van der Waals surface area contributed by atoms with Crippen LogP contribution in [0.5, 0.6) is 0 Å². The van der Waals surface area contributed by atoms with Crippen LogP contribution in [-0.2, 0) is 14.8 Å². The Balaban J connectivity index is 2.24. The Morgan fingerprint density at radius 3 is 2.43 bits per heavy atom. The summed E-state index contributed by atoms with van der Waals surface area (Å²) in [6, 6.07) is 13.2. The molecule has 9 heteroatoms. The van der Waals surface area contributed by atoms with Crippen LogP contribution in [0.2, 0.25) is 0 Å². The molecule has 0 aliphatic heterocycles. The third-order valence-corrected chi connectivity index (χ3v) is 5.46. The minimum absolute atomic E-state index is 0.268. The first-order chi connectivity index (χ1) is 13.2. The molecule has 0 radical (unpaired) electrons. The molecule has 7 nitrogen and oxygen atoms in total. The molecule has 2 aromatic carbocycles. The molecule has 0 bridgehead atoms. The highest BCUT2D eigenvalue weighted by atomic mass is 79.9. The summed E-state index contributed by atoms with van der Waals surface area (Å²) in [7, 11) is -3.71. The minimum atomic E-state index is -3.71. The van der Waals surface area contributed by atoms with Crippen LogP contribution < -0.4 is 14.9 Å². The Bertz CT molecular complexity index is 992. The van der Waals surface area contributed by atoms with Gasteiger partial charge in [0, 0.05) is 11.0 Å². The Morgan fingerprint density at radius 1 is 1.14 bits per heavy atom. The van der Waals surface area contributed by atoms with Gasteiger partial charge in [0.1, 0.15) is 6.54 Å². The number of amides is 2. The fraction of sp³-hybridized carbons (Fsp3) is 0.158. The van der Waals surface area contributed by atoms with Gasteiger partial charge in [0.05, 0.1) is 23.2 Å². The molecule has 2 N–H and O–H groups in total. The molecular formula is C19H20BrN3O4S. The lowest BCUT2D eigenvalue weighted by atomic mass is 10.1. The van der Waals surface area contributed by atoms with Crippen molar-refractivity contribution in [2.45, 2.75) is 0 Å². The predicted octanol–water partition coefficient (Wildman–Crippen LogP) is 2.77. The van der Waals surface area contributed by atoms with Gasteiger partial charge in [0.25, 0.3) is 5.91 Å². The zero-order valence-electron chi connectivity index (χ0n) is 15.2. The van der Waals surface area contributed by atoms with Crippen LogP contribution in [-0.4, -0.2) is 39.6 Å². The summed E-state index contributed by atoms with van der Waals surface area (Å²) >= 11 is 3.30. The number of hydrogen-bond donors (Lipinski definition) is 2. The van der Waals surface area contributed by atoms with Crippen molar-refractivity contribution in [1.82, 2.24) is 5.32 Å². The lowest BCUT2D eigenvalue weighted by Gasteiger charge is -2.23. The Kier molecular flexibility index (Phi) is 7.36. The highest BCUT2D eigenvalue weighted by molar-refractivity contribution is 9.10. The molecule has 2 rings (SSSR count). The third-order valence-electron chi connectivity index (χ3n) is 3.66. The summed E-state index contributed by atoms with van der Waals surface area (Å²) < 4.78 is 26.0. The lowest BCUT2D eigenvalue weighted by molar-refractivity contribution is -0.114. The van der Waals surface area contributed by atoms with Gasteiger partial charge in [-0.1, -0.05) is 30.3 Å². The first-order valence-electron chi connectivity index (χ1n) is 8.24. The molecule has 2 amide bonds. The van der Waals surface area contributed by atoms with Crippen LogP contribution in [0.3, 0.4) is 0 Å². The van der Waals surface area contributed by atoms with Crippen molar-refractivity contribution in [1.29, 1.82) is 0 Å². The molecule has 0 saturated carbocycles. The summed E-state index contributed by atoms with van der Waals surface area (Å²) in [5, 5.41) is 5.25. The van der Waals surface area contributed by atoms with E-state index in [2.05, 4.69) is 33.1 Å². The third kappa shape index (κ3) is 5.67. The number of nitrogens with one attached hydrogen (secondary N) is 2. The molecule has 148 valence electrons. The number of halogens is 1. The molecule has 0 heterocycles. The maximum absolute atomic E-state index is 12.6. The highest BCUT2D eigenvalue weighted by Crippen LogP contribution is 2.27. The number of para-hydroxylation sites is 2. The van der Waals surface area contributed by atoms with E-state index in [4.69, 9.17) is 0 Å². The van der Waals surface area contributed by atoms with E-state index < -0.39 is 22.5 Å². The molecule has 0 fully saturated rings. The summed E-state index contributed by atoms with van der Waals surface area (Å²) in [4.78, 5) is 24.8. The highest BCUT2D eigenvalue weighted by Gasteiger charge is 2.23. The van der Waals surface area contributed by atoms with E-state index in [9.17, 15) is 18.0 Å². The van der Waals surface area contributed by atoms with Crippen LogP contribution in [0.1, 0.15) is 10.4 Å². The van der Waals surface area contributed by atoms with Crippen molar-refractivity contribution < 1.29 is 18.0 Å². The molecule has 0 aliphatic carbocycles. The maximum Gasteiger partial charge on any atom is 0.253 e. The van der Waals surface area contributed by atoms with Crippen molar-refractivity contribution in [3.05, 3.63) is 71.2 Å². The van der Waals surface area contributed by atoms with Gasteiger partial charge in [-0.05, 0) is 40.2 Å². The van der Waals surface area contributed by atoms with Crippen molar-refractivity contribution in [3.63, 3.8) is 0 Å². The lowest BCUT2D eigenvalue weighted by Crippen LogP contribution is -2.38. The van der Waals surface area contributed by atoms with Gasteiger partial charge in [-0.2, -0.15) is 0 Å². The van der Waals surface area contributed by atoms with E-state index in [-0.39, 0.29) is 23.7 Å². The Hall–Kier alpha value is -2.65. The zero-order chi connectivity index (χ0) is 20.7. The molecule has 0 saturated heterocycles.